The van der Waals surface area contributed by atoms with E-state index < -0.39 is 11.7 Å². The molecule has 0 heterocycles. The second-order valence-corrected chi connectivity index (χ2v) is 4.02. The molecule has 0 saturated heterocycles. The highest BCUT2D eigenvalue weighted by atomic mass is 19.1. The Kier molecular flexibility index (Phi) is 4.90. The fourth-order valence-electron chi connectivity index (χ4n) is 1.31. The Morgan fingerprint density at radius 2 is 2.24 bits per heavy atom. The summed E-state index contributed by atoms with van der Waals surface area (Å²) in [6.07, 6.45) is 0. The topological polar surface area (TPSA) is 64.3 Å². The zero-order chi connectivity index (χ0) is 12.8. The van der Waals surface area contributed by atoms with E-state index in [-0.39, 0.29) is 18.4 Å². The molecular formula is C12H17FN2O2. The SMILES string of the molecule is CC(C)NCc1cccc(F)c1OCC(N)=O. The number of hydrogen-bond donors (Lipinski definition) is 2. The molecule has 4 nitrogen and oxygen atoms in total. The van der Waals surface area contributed by atoms with E-state index in [4.69, 9.17) is 10.5 Å². The molecule has 1 aromatic rings. The van der Waals surface area contributed by atoms with Gasteiger partial charge in [0.25, 0.3) is 5.91 Å². The molecule has 0 aliphatic rings. The van der Waals surface area contributed by atoms with Crippen LogP contribution in [0.2, 0.25) is 0 Å². The number of primary amides is 1. The van der Waals surface area contributed by atoms with Gasteiger partial charge in [-0.1, -0.05) is 26.0 Å². The molecule has 0 saturated carbocycles. The molecule has 0 fully saturated rings. The van der Waals surface area contributed by atoms with Gasteiger partial charge in [0.1, 0.15) is 0 Å². The monoisotopic (exact) mass is 240 g/mol. The lowest BCUT2D eigenvalue weighted by molar-refractivity contribution is -0.120. The summed E-state index contributed by atoms with van der Waals surface area (Å²) in [6, 6.07) is 4.91. The first kappa shape index (κ1) is 13.4. The number of benzene rings is 1. The summed E-state index contributed by atoms with van der Waals surface area (Å²) >= 11 is 0. The van der Waals surface area contributed by atoms with Gasteiger partial charge in [0.05, 0.1) is 0 Å². The van der Waals surface area contributed by atoms with Crippen LogP contribution in [0.25, 0.3) is 0 Å². The highest BCUT2D eigenvalue weighted by Crippen LogP contribution is 2.22. The number of carbonyl (C=O) groups excluding carboxylic acids is 1. The standard InChI is InChI=1S/C12H17FN2O2/c1-8(2)15-6-9-4-3-5-10(13)12(9)17-7-11(14)16/h3-5,8,15H,6-7H2,1-2H3,(H2,14,16). The Hall–Kier alpha value is -1.62. The van der Waals surface area contributed by atoms with Crippen molar-refractivity contribution in [3.8, 4) is 5.75 Å². The number of nitrogens with one attached hydrogen (secondary N) is 1. The second-order valence-electron chi connectivity index (χ2n) is 4.02. The number of amides is 1. The number of carbonyl (C=O) groups is 1. The summed E-state index contributed by atoms with van der Waals surface area (Å²) in [7, 11) is 0. The van der Waals surface area contributed by atoms with Gasteiger partial charge >= 0.3 is 0 Å². The van der Waals surface area contributed by atoms with Gasteiger partial charge in [-0.3, -0.25) is 4.79 Å². The van der Waals surface area contributed by atoms with Gasteiger partial charge < -0.3 is 15.8 Å². The molecule has 0 bridgehead atoms. The van der Waals surface area contributed by atoms with Crippen LogP contribution in [0.5, 0.6) is 5.75 Å². The van der Waals surface area contributed by atoms with Gasteiger partial charge in [-0.15, -0.1) is 0 Å². The van der Waals surface area contributed by atoms with E-state index in [9.17, 15) is 9.18 Å². The number of ether oxygens (including phenoxy) is 1. The smallest absolute Gasteiger partial charge is 0.255 e. The van der Waals surface area contributed by atoms with Crippen LogP contribution < -0.4 is 15.8 Å². The number of para-hydroxylation sites is 1. The molecule has 94 valence electrons. The highest BCUT2D eigenvalue weighted by Gasteiger charge is 2.11. The van der Waals surface area contributed by atoms with Crippen LogP contribution in [0, 0.1) is 5.82 Å². The molecule has 5 heteroatoms. The van der Waals surface area contributed by atoms with Gasteiger partial charge in [0, 0.05) is 18.2 Å². The van der Waals surface area contributed by atoms with E-state index in [1.165, 1.54) is 6.07 Å². The molecule has 0 aromatic heterocycles. The normalized spacial score (nSPS) is 10.6. The Labute approximate surface area is 100.0 Å². The van der Waals surface area contributed by atoms with Crippen molar-refractivity contribution >= 4 is 5.91 Å². The first-order valence-electron chi connectivity index (χ1n) is 5.42. The van der Waals surface area contributed by atoms with E-state index in [0.29, 0.717) is 12.1 Å². The molecular weight excluding hydrogens is 223 g/mol. The van der Waals surface area contributed by atoms with Crippen LogP contribution in [-0.4, -0.2) is 18.6 Å². The minimum absolute atomic E-state index is 0.0828. The van der Waals surface area contributed by atoms with Crippen molar-refractivity contribution in [2.75, 3.05) is 6.61 Å². The maximum Gasteiger partial charge on any atom is 0.255 e. The summed E-state index contributed by atoms with van der Waals surface area (Å²) in [6.45, 7) is 4.13. The molecule has 0 unspecified atom stereocenters. The summed E-state index contributed by atoms with van der Waals surface area (Å²) in [5.41, 5.74) is 5.63. The maximum absolute atomic E-state index is 13.5. The minimum atomic E-state index is -0.629. The minimum Gasteiger partial charge on any atom is -0.480 e. The first-order valence-corrected chi connectivity index (χ1v) is 5.42. The van der Waals surface area contributed by atoms with Crippen molar-refractivity contribution in [3.63, 3.8) is 0 Å². The molecule has 0 aliphatic carbocycles. The molecule has 1 rings (SSSR count). The second kappa shape index (κ2) is 6.20. The zero-order valence-electron chi connectivity index (χ0n) is 10.00. The number of rotatable bonds is 6. The Morgan fingerprint density at radius 1 is 1.53 bits per heavy atom. The predicted molar refractivity (Wildman–Crippen MR) is 63.1 cm³/mol. The summed E-state index contributed by atoms with van der Waals surface area (Å²) in [4.78, 5) is 10.6. The quantitative estimate of drug-likeness (QED) is 0.785. The largest absolute Gasteiger partial charge is 0.480 e. The fourth-order valence-corrected chi connectivity index (χ4v) is 1.31. The maximum atomic E-state index is 13.5. The number of hydrogen-bond acceptors (Lipinski definition) is 3. The van der Waals surface area contributed by atoms with Crippen LogP contribution in [0.1, 0.15) is 19.4 Å². The van der Waals surface area contributed by atoms with Crippen molar-refractivity contribution in [1.82, 2.24) is 5.32 Å². The average Bonchev–Trinajstić information content (AvgIpc) is 2.24. The van der Waals surface area contributed by atoms with Gasteiger partial charge in [0.2, 0.25) is 0 Å². The lowest BCUT2D eigenvalue weighted by Gasteiger charge is -2.13. The summed E-state index contributed by atoms with van der Waals surface area (Å²) in [5.74, 6) is -1.04. The third-order valence-electron chi connectivity index (χ3n) is 2.11. The highest BCUT2D eigenvalue weighted by molar-refractivity contribution is 5.75. The molecule has 1 amide bonds. The van der Waals surface area contributed by atoms with Crippen LogP contribution in [0.15, 0.2) is 18.2 Å². The molecule has 0 spiro atoms. The van der Waals surface area contributed by atoms with E-state index >= 15 is 0 Å². The fraction of sp³-hybridized carbons (Fsp3) is 0.417. The van der Waals surface area contributed by atoms with Gasteiger partial charge in [0.15, 0.2) is 18.2 Å². The van der Waals surface area contributed by atoms with Gasteiger partial charge in [-0.25, -0.2) is 4.39 Å². The Bertz CT molecular complexity index is 394. The third kappa shape index (κ3) is 4.40. The van der Waals surface area contributed by atoms with Crippen molar-refractivity contribution < 1.29 is 13.9 Å². The summed E-state index contributed by atoms with van der Waals surface area (Å²) in [5, 5.41) is 3.15. The van der Waals surface area contributed by atoms with Crippen LogP contribution in [-0.2, 0) is 11.3 Å². The van der Waals surface area contributed by atoms with Crippen molar-refractivity contribution in [2.24, 2.45) is 5.73 Å². The summed E-state index contributed by atoms with van der Waals surface area (Å²) < 4.78 is 18.6. The average molecular weight is 240 g/mol. The van der Waals surface area contributed by atoms with E-state index in [1.807, 2.05) is 13.8 Å². The number of halogens is 1. The number of nitrogens with two attached hydrogens (primary N) is 1. The first-order chi connectivity index (χ1) is 8.00. The molecule has 1 aromatic carbocycles. The van der Waals surface area contributed by atoms with E-state index in [2.05, 4.69) is 5.32 Å². The lowest BCUT2D eigenvalue weighted by Crippen LogP contribution is -2.24. The zero-order valence-corrected chi connectivity index (χ0v) is 10.00. The molecule has 0 radical (unpaired) electrons. The van der Waals surface area contributed by atoms with Crippen molar-refractivity contribution in [3.05, 3.63) is 29.6 Å². The van der Waals surface area contributed by atoms with Gasteiger partial charge in [-0.2, -0.15) is 0 Å². The third-order valence-corrected chi connectivity index (χ3v) is 2.11. The molecule has 0 atom stereocenters. The van der Waals surface area contributed by atoms with Gasteiger partial charge in [-0.05, 0) is 6.07 Å². The lowest BCUT2D eigenvalue weighted by atomic mass is 10.2. The molecule has 3 N–H and O–H groups in total. The van der Waals surface area contributed by atoms with Crippen molar-refractivity contribution in [1.29, 1.82) is 0 Å². The predicted octanol–water partition coefficient (Wildman–Crippen LogP) is 1.19. The van der Waals surface area contributed by atoms with Crippen LogP contribution in [0.4, 0.5) is 4.39 Å². The Balaban J connectivity index is 2.80. The van der Waals surface area contributed by atoms with Crippen LogP contribution >= 0.6 is 0 Å². The van der Waals surface area contributed by atoms with Crippen molar-refractivity contribution in [2.45, 2.75) is 26.4 Å². The van der Waals surface area contributed by atoms with Crippen LogP contribution in [0.3, 0.4) is 0 Å². The Morgan fingerprint density at radius 3 is 2.82 bits per heavy atom. The van der Waals surface area contributed by atoms with E-state index in [0.717, 1.165) is 0 Å². The molecule has 0 aliphatic heterocycles. The molecule has 17 heavy (non-hydrogen) atoms. The van der Waals surface area contributed by atoms with E-state index in [1.54, 1.807) is 12.1 Å².